The van der Waals surface area contributed by atoms with Gasteiger partial charge in [0.25, 0.3) is 0 Å². The number of anilines is 1. The van der Waals surface area contributed by atoms with Crippen molar-refractivity contribution >= 4 is 16.9 Å². The van der Waals surface area contributed by atoms with Crippen LogP contribution in [-0.4, -0.2) is 15.2 Å². The summed E-state index contributed by atoms with van der Waals surface area (Å²) in [5.41, 5.74) is 3.19. The number of hydrogen-bond acceptors (Lipinski definition) is 4. The van der Waals surface area contributed by atoms with Gasteiger partial charge >= 0.3 is 0 Å². The van der Waals surface area contributed by atoms with Crippen LogP contribution in [0.2, 0.25) is 0 Å². The van der Waals surface area contributed by atoms with E-state index in [4.69, 9.17) is 5.84 Å². The molecule has 0 aliphatic carbocycles. The lowest BCUT2D eigenvalue weighted by Crippen LogP contribution is -2.07. The normalized spacial score (nSPS) is 10.3. The van der Waals surface area contributed by atoms with Gasteiger partial charge in [-0.25, -0.2) is 10.8 Å². The Bertz CT molecular complexity index is 366. The molecule has 0 unspecified atom stereocenters. The molecule has 0 spiro atoms. The first-order chi connectivity index (χ1) is 5.40. The van der Waals surface area contributed by atoms with Crippen molar-refractivity contribution in [2.45, 2.75) is 0 Å². The van der Waals surface area contributed by atoms with Crippen LogP contribution >= 0.6 is 0 Å². The summed E-state index contributed by atoms with van der Waals surface area (Å²) in [5.74, 6) is 5.79. The van der Waals surface area contributed by atoms with Crippen molar-refractivity contribution < 1.29 is 0 Å². The zero-order valence-corrected chi connectivity index (χ0v) is 5.70. The van der Waals surface area contributed by atoms with Crippen LogP contribution in [0.25, 0.3) is 11.0 Å². The molecule has 2 heterocycles. The Morgan fingerprint density at radius 1 is 1.45 bits per heavy atom. The van der Waals surface area contributed by atoms with E-state index in [0.717, 1.165) is 11.0 Å². The standard InChI is InChI=1S/C6H7N5/c7-10-5-2-1-4-3-8-11-6(4)9-5/h1-3H,7H2,(H2,8,9,10,11). The first kappa shape index (κ1) is 6.11. The van der Waals surface area contributed by atoms with Gasteiger partial charge in [0.05, 0.1) is 6.20 Å². The van der Waals surface area contributed by atoms with E-state index >= 15 is 0 Å². The molecule has 0 saturated carbocycles. The molecule has 0 aliphatic rings. The molecular weight excluding hydrogens is 142 g/mol. The van der Waals surface area contributed by atoms with Gasteiger partial charge in [0.15, 0.2) is 5.65 Å². The molecule has 4 N–H and O–H groups in total. The Hall–Kier alpha value is -1.62. The number of hydrazine groups is 1. The summed E-state index contributed by atoms with van der Waals surface area (Å²) in [6.45, 7) is 0. The molecule has 0 saturated heterocycles. The molecule has 2 aromatic rings. The van der Waals surface area contributed by atoms with Crippen LogP contribution in [0.15, 0.2) is 18.3 Å². The number of pyridine rings is 1. The van der Waals surface area contributed by atoms with Gasteiger partial charge in [0.2, 0.25) is 0 Å². The average molecular weight is 149 g/mol. The fourth-order valence-electron chi connectivity index (χ4n) is 0.907. The molecule has 5 heteroatoms. The molecule has 0 aliphatic heterocycles. The van der Waals surface area contributed by atoms with E-state index in [1.165, 1.54) is 0 Å². The highest BCUT2D eigenvalue weighted by molar-refractivity contribution is 5.75. The summed E-state index contributed by atoms with van der Waals surface area (Å²) in [5, 5.41) is 7.53. The van der Waals surface area contributed by atoms with Crippen LogP contribution in [0.5, 0.6) is 0 Å². The van der Waals surface area contributed by atoms with E-state index < -0.39 is 0 Å². The number of aromatic nitrogens is 3. The van der Waals surface area contributed by atoms with Crippen LogP contribution in [0.3, 0.4) is 0 Å². The lowest BCUT2D eigenvalue weighted by Gasteiger charge is -1.95. The quantitative estimate of drug-likeness (QED) is 0.401. The average Bonchev–Trinajstić information content (AvgIpc) is 2.50. The van der Waals surface area contributed by atoms with Crippen LogP contribution in [0.4, 0.5) is 5.82 Å². The smallest absolute Gasteiger partial charge is 0.157 e. The summed E-state index contributed by atoms with van der Waals surface area (Å²) in [7, 11) is 0. The highest BCUT2D eigenvalue weighted by Crippen LogP contribution is 2.10. The highest BCUT2D eigenvalue weighted by Gasteiger charge is 1.96. The molecule has 11 heavy (non-hydrogen) atoms. The van der Waals surface area contributed by atoms with E-state index in [2.05, 4.69) is 20.6 Å². The van der Waals surface area contributed by atoms with Crippen molar-refractivity contribution in [2.75, 3.05) is 5.43 Å². The number of aromatic amines is 1. The summed E-state index contributed by atoms with van der Waals surface area (Å²) < 4.78 is 0. The second-order valence-corrected chi connectivity index (χ2v) is 2.15. The molecule has 0 radical (unpaired) electrons. The summed E-state index contributed by atoms with van der Waals surface area (Å²) >= 11 is 0. The number of hydrogen-bond donors (Lipinski definition) is 3. The summed E-state index contributed by atoms with van der Waals surface area (Å²) in [4.78, 5) is 4.10. The molecule has 2 aromatic heterocycles. The fraction of sp³-hybridized carbons (Fsp3) is 0. The number of nitrogens with one attached hydrogen (secondary N) is 2. The molecule has 0 bridgehead atoms. The molecule has 0 aromatic carbocycles. The second-order valence-electron chi connectivity index (χ2n) is 2.15. The maximum absolute atomic E-state index is 5.16. The molecule has 0 amide bonds. The minimum atomic E-state index is 0.627. The maximum atomic E-state index is 5.16. The molecular formula is C6H7N5. The molecule has 56 valence electrons. The van der Waals surface area contributed by atoms with Crippen LogP contribution in [0, 0.1) is 0 Å². The Morgan fingerprint density at radius 2 is 2.36 bits per heavy atom. The monoisotopic (exact) mass is 149 g/mol. The number of nitrogens with two attached hydrogens (primary N) is 1. The Kier molecular flexibility index (Phi) is 1.23. The molecule has 2 rings (SSSR count). The molecule has 0 fully saturated rings. The van der Waals surface area contributed by atoms with Crippen molar-refractivity contribution in [3.05, 3.63) is 18.3 Å². The number of H-pyrrole nitrogens is 1. The van der Waals surface area contributed by atoms with Crippen molar-refractivity contribution in [1.29, 1.82) is 0 Å². The third-order valence-electron chi connectivity index (χ3n) is 1.45. The maximum Gasteiger partial charge on any atom is 0.157 e. The first-order valence-electron chi connectivity index (χ1n) is 3.17. The van der Waals surface area contributed by atoms with Gasteiger partial charge < -0.3 is 5.43 Å². The van der Waals surface area contributed by atoms with Gasteiger partial charge in [-0.05, 0) is 12.1 Å². The van der Waals surface area contributed by atoms with E-state index in [1.54, 1.807) is 12.3 Å². The number of nitrogens with zero attached hydrogens (tertiary/aromatic N) is 2. The lowest BCUT2D eigenvalue weighted by molar-refractivity contribution is 1.09. The lowest BCUT2D eigenvalue weighted by atomic mass is 10.3. The van der Waals surface area contributed by atoms with Crippen molar-refractivity contribution in [1.82, 2.24) is 15.2 Å². The van der Waals surface area contributed by atoms with Gasteiger partial charge in [-0.3, -0.25) is 5.10 Å². The van der Waals surface area contributed by atoms with E-state index in [-0.39, 0.29) is 0 Å². The van der Waals surface area contributed by atoms with Gasteiger partial charge in [0, 0.05) is 5.39 Å². The van der Waals surface area contributed by atoms with Crippen LogP contribution in [-0.2, 0) is 0 Å². The van der Waals surface area contributed by atoms with Crippen molar-refractivity contribution in [2.24, 2.45) is 5.84 Å². The minimum absolute atomic E-state index is 0.627. The van der Waals surface area contributed by atoms with Gasteiger partial charge in [0.1, 0.15) is 5.82 Å². The molecule has 5 nitrogen and oxygen atoms in total. The third kappa shape index (κ3) is 0.908. The summed E-state index contributed by atoms with van der Waals surface area (Å²) in [6.07, 6.45) is 1.71. The van der Waals surface area contributed by atoms with Crippen molar-refractivity contribution in [3.8, 4) is 0 Å². The highest BCUT2D eigenvalue weighted by atomic mass is 15.3. The largest absolute Gasteiger partial charge is 0.308 e. The Labute approximate surface area is 62.6 Å². The zero-order valence-electron chi connectivity index (χ0n) is 5.70. The number of rotatable bonds is 1. The minimum Gasteiger partial charge on any atom is -0.308 e. The second kappa shape index (κ2) is 2.21. The SMILES string of the molecule is NNc1ccc2cn[nH]c2n1. The first-order valence-corrected chi connectivity index (χ1v) is 3.17. The van der Waals surface area contributed by atoms with Gasteiger partial charge in [-0.2, -0.15) is 5.10 Å². The predicted octanol–water partition coefficient (Wildman–Crippen LogP) is 0.243. The summed E-state index contributed by atoms with van der Waals surface area (Å²) in [6, 6.07) is 3.68. The number of fused-ring (bicyclic) bond motifs is 1. The Balaban J connectivity index is 2.67. The van der Waals surface area contributed by atoms with E-state index in [9.17, 15) is 0 Å². The van der Waals surface area contributed by atoms with Gasteiger partial charge in [-0.15, -0.1) is 0 Å². The fourth-order valence-corrected chi connectivity index (χ4v) is 0.907. The van der Waals surface area contributed by atoms with Crippen molar-refractivity contribution in [3.63, 3.8) is 0 Å². The van der Waals surface area contributed by atoms with E-state index in [0.29, 0.717) is 5.82 Å². The van der Waals surface area contributed by atoms with Gasteiger partial charge in [-0.1, -0.05) is 0 Å². The van der Waals surface area contributed by atoms with Crippen LogP contribution in [0.1, 0.15) is 0 Å². The molecule has 0 atom stereocenters. The predicted molar refractivity (Wildman–Crippen MR) is 41.7 cm³/mol. The van der Waals surface area contributed by atoms with E-state index in [1.807, 2.05) is 6.07 Å². The third-order valence-corrected chi connectivity index (χ3v) is 1.45. The van der Waals surface area contributed by atoms with Crippen LogP contribution < -0.4 is 11.3 Å². The topological polar surface area (TPSA) is 79.6 Å². The Morgan fingerprint density at radius 3 is 3.18 bits per heavy atom. The number of nitrogen functional groups attached to an aromatic ring is 1. The zero-order chi connectivity index (χ0) is 7.68.